The predicted octanol–water partition coefficient (Wildman–Crippen LogP) is 4.53. The summed E-state index contributed by atoms with van der Waals surface area (Å²) in [4.78, 5) is 9.62. The quantitative estimate of drug-likeness (QED) is 0.808. The molecule has 2 rings (SSSR count). The Labute approximate surface area is 128 Å². The molecule has 0 aromatic carbocycles. The Morgan fingerprint density at radius 2 is 0.810 bits per heavy atom. The second kappa shape index (κ2) is 5.59. The molecule has 2 aromatic heterocycles. The molecule has 2 nitrogen and oxygen atoms in total. The van der Waals surface area contributed by atoms with E-state index in [0.29, 0.717) is 0 Å². The molecule has 0 aliphatic carbocycles. The lowest BCUT2D eigenvalue weighted by Crippen LogP contribution is -2.08. The average Bonchev–Trinajstić information content (AvgIpc) is 2.45. The summed E-state index contributed by atoms with van der Waals surface area (Å²) in [5, 5.41) is 0. The van der Waals surface area contributed by atoms with Crippen molar-refractivity contribution in [3.8, 4) is 0 Å². The molecule has 0 spiro atoms. The maximum atomic E-state index is 4.81. The first-order valence-electron chi connectivity index (χ1n) is 7.60. The van der Waals surface area contributed by atoms with Crippen LogP contribution in [-0.2, 0) is 6.42 Å². The smallest absolute Gasteiger partial charge is 0.0498 e. The van der Waals surface area contributed by atoms with Gasteiger partial charge in [-0.3, -0.25) is 9.97 Å². The third-order valence-corrected chi connectivity index (χ3v) is 5.14. The Morgan fingerprint density at radius 1 is 0.476 bits per heavy atom. The number of hydrogen-bond acceptors (Lipinski definition) is 2. The van der Waals surface area contributed by atoms with Gasteiger partial charge in [-0.25, -0.2) is 0 Å². The molecule has 0 radical (unpaired) electrons. The van der Waals surface area contributed by atoms with Gasteiger partial charge in [0.2, 0.25) is 0 Å². The van der Waals surface area contributed by atoms with Crippen molar-refractivity contribution in [2.24, 2.45) is 0 Å². The molecule has 2 heteroatoms. The van der Waals surface area contributed by atoms with Crippen LogP contribution in [0.15, 0.2) is 0 Å². The summed E-state index contributed by atoms with van der Waals surface area (Å²) in [5.74, 6) is 0. The molecule has 21 heavy (non-hydrogen) atoms. The highest BCUT2D eigenvalue weighted by Gasteiger charge is 2.14. The molecule has 0 aliphatic heterocycles. The first-order chi connectivity index (χ1) is 9.73. The molecule has 0 amide bonds. The Balaban J connectivity index is 2.54. The van der Waals surface area contributed by atoms with Crippen molar-refractivity contribution in [1.29, 1.82) is 0 Å². The zero-order valence-electron chi connectivity index (χ0n) is 14.6. The van der Waals surface area contributed by atoms with Crippen molar-refractivity contribution < 1.29 is 0 Å². The van der Waals surface area contributed by atoms with Gasteiger partial charge < -0.3 is 0 Å². The van der Waals surface area contributed by atoms with Gasteiger partial charge in [-0.15, -0.1) is 0 Å². The lowest BCUT2D eigenvalue weighted by Gasteiger charge is -2.16. The Hall–Kier alpha value is -1.70. The van der Waals surface area contributed by atoms with Gasteiger partial charge in [0, 0.05) is 29.2 Å². The fourth-order valence-electron chi connectivity index (χ4n) is 2.78. The van der Waals surface area contributed by atoms with Crippen LogP contribution in [0.5, 0.6) is 0 Å². The minimum Gasteiger partial charge on any atom is -0.257 e. The number of hydrogen-bond donors (Lipinski definition) is 0. The molecule has 0 fully saturated rings. The molecule has 2 aromatic rings. The first-order valence-corrected chi connectivity index (χ1v) is 7.60. The van der Waals surface area contributed by atoms with Gasteiger partial charge in [-0.1, -0.05) is 0 Å². The molecule has 0 bridgehead atoms. The number of rotatable bonds is 2. The third kappa shape index (κ3) is 2.72. The van der Waals surface area contributed by atoms with E-state index in [1.165, 1.54) is 33.4 Å². The van der Waals surface area contributed by atoms with Gasteiger partial charge in [0.15, 0.2) is 0 Å². The summed E-state index contributed by atoms with van der Waals surface area (Å²) in [6.07, 6.45) is 0.821. The van der Waals surface area contributed by atoms with Crippen LogP contribution in [0.1, 0.15) is 56.2 Å². The summed E-state index contributed by atoms with van der Waals surface area (Å²) in [7, 11) is 0. The van der Waals surface area contributed by atoms with Crippen LogP contribution < -0.4 is 0 Å². The zero-order chi connectivity index (χ0) is 15.9. The molecule has 0 aliphatic rings. The van der Waals surface area contributed by atoms with Crippen molar-refractivity contribution in [2.75, 3.05) is 0 Å². The van der Waals surface area contributed by atoms with Crippen LogP contribution in [0.3, 0.4) is 0 Å². The first kappa shape index (κ1) is 15.7. The highest BCUT2D eigenvalue weighted by atomic mass is 14.8. The van der Waals surface area contributed by atoms with Gasteiger partial charge in [0.1, 0.15) is 0 Å². The maximum absolute atomic E-state index is 4.81. The predicted molar refractivity (Wildman–Crippen MR) is 89.2 cm³/mol. The number of pyridine rings is 2. The van der Waals surface area contributed by atoms with Crippen molar-refractivity contribution in [3.05, 3.63) is 56.2 Å². The number of nitrogens with zero attached hydrogens (tertiary/aromatic N) is 2. The molecular formula is C19H26N2. The van der Waals surface area contributed by atoms with Gasteiger partial charge in [-0.2, -0.15) is 0 Å². The SMILES string of the molecule is Cc1nc(Cc2nc(C)c(C)c(C)c2C)c(C)c(C)c1C. The number of aryl methyl sites for hydroxylation is 2. The van der Waals surface area contributed by atoms with E-state index >= 15 is 0 Å². The topological polar surface area (TPSA) is 25.8 Å². The molecule has 112 valence electrons. The van der Waals surface area contributed by atoms with Crippen molar-refractivity contribution in [3.63, 3.8) is 0 Å². The highest BCUT2D eigenvalue weighted by molar-refractivity contribution is 5.42. The molecule has 0 saturated heterocycles. The molecule has 0 saturated carbocycles. The van der Waals surface area contributed by atoms with Crippen LogP contribution in [0, 0.1) is 55.4 Å². The van der Waals surface area contributed by atoms with E-state index in [0.717, 1.165) is 29.2 Å². The summed E-state index contributed by atoms with van der Waals surface area (Å²) in [6.45, 7) is 17.2. The second-order valence-electron chi connectivity index (χ2n) is 6.21. The molecule has 2 heterocycles. The van der Waals surface area contributed by atoms with E-state index in [1.807, 2.05) is 0 Å². The fourth-order valence-corrected chi connectivity index (χ4v) is 2.78. The average molecular weight is 282 g/mol. The molecule has 0 unspecified atom stereocenters. The summed E-state index contributed by atoms with van der Waals surface area (Å²) < 4.78 is 0. The molecule has 0 N–H and O–H groups in total. The second-order valence-corrected chi connectivity index (χ2v) is 6.21. The van der Waals surface area contributed by atoms with Gasteiger partial charge in [0.05, 0.1) is 0 Å². The lowest BCUT2D eigenvalue weighted by molar-refractivity contribution is 0.915. The van der Waals surface area contributed by atoms with Crippen LogP contribution >= 0.6 is 0 Å². The largest absolute Gasteiger partial charge is 0.257 e. The fraction of sp³-hybridized carbons (Fsp3) is 0.474. The molecular weight excluding hydrogens is 256 g/mol. The monoisotopic (exact) mass is 282 g/mol. The summed E-state index contributed by atoms with van der Waals surface area (Å²) in [6, 6.07) is 0. The third-order valence-electron chi connectivity index (χ3n) is 5.14. The van der Waals surface area contributed by atoms with Gasteiger partial charge in [-0.05, 0) is 88.8 Å². The lowest BCUT2D eigenvalue weighted by atomic mass is 9.96. The van der Waals surface area contributed by atoms with Crippen LogP contribution in [-0.4, -0.2) is 9.97 Å². The van der Waals surface area contributed by atoms with Crippen LogP contribution in [0.2, 0.25) is 0 Å². The van der Waals surface area contributed by atoms with Crippen molar-refractivity contribution in [2.45, 2.75) is 61.8 Å². The van der Waals surface area contributed by atoms with Crippen molar-refractivity contribution >= 4 is 0 Å². The van der Waals surface area contributed by atoms with Crippen LogP contribution in [0.4, 0.5) is 0 Å². The molecule has 0 atom stereocenters. The van der Waals surface area contributed by atoms with Gasteiger partial charge >= 0.3 is 0 Å². The minimum atomic E-state index is 0.821. The van der Waals surface area contributed by atoms with E-state index < -0.39 is 0 Å². The maximum Gasteiger partial charge on any atom is 0.0498 e. The van der Waals surface area contributed by atoms with E-state index in [9.17, 15) is 0 Å². The van der Waals surface area contributed by atoms with Crippen LogP contribution in [0.25, 0.3) is 0 Å². The normalized spacial score (nSPS) is 11.0. The standard InChI is InChI=1S/C19H26N2/c1-10-12(3)16(7)20-18(14(10)5)9-19-15(6)11(2)13(4)17(8)21-19/h9H2,1-8H3. The van der Waals surface area contributed by atoms with Gasteiger partial charge in [0.25, 0.3) is 0 Å². The van der Waals surface area contributed by atoms with Crippen molar-refractivity contribution in [1.82, 2.24) is 9.97 Å². The van der Waals surface area contributed by atoms with E-state index in [1.54, 1.807) is 0 Å². The van der Waals surface area contributed by atoms with E-state index in [-0.39, 0.29) is 0 Å². The van der Waals surface area contributed by atoms with E-state index in [2.05, 4.69) is 55.4 Å². The summed E-state index contributed by atoms with van der Waals surface area (Å²) in [5.41, 5.74) is 12.5. The minimum absolute atomic E-state index is 0.821. The Kier molecular flexibility index (Phi) is 4.18. The Bertz CT molecular complexity index is 651. The summed E-state index contributed by atoms with van der Waals surface area (Å²) >= 11 is 0. The zero-order valence-corrected chi connectivity index (χ0v) is 14.6. The Morgan fingerprint density at radius 3 is 1.14 bits per heavy atom. The van der Waals surface area contributed by atoms with E-state index in [4.69, 9.17) is 9.97 Å². The number of aromatic nitrogens is 2. The highest BCUT2D eigenvalue weighted by Crippen LogP contribution is 2.24.